The van der Waals surface area contributed by atoms with Crippen molar-refractivity contribution >= 4 is 12.0 Å². The van der Waals surface area contributed by atoms with E-state index in [9.17, 15) is 4.79 Å². The van der Waals surface area contributed by atoms with Crippen LogP contribution in [0.25, 0.3) is 6.08 Å². The molecule has 0 atom stereocenters. The third-order valence-corrected chi connectivity index (χ3v) is 3.28. The zero-order valence-electron chi connectivity index (χ0n) is 9.73. The maximum atomic E-state index is 11.1. The van der Waals surface area contributed by atoms with Crippen LogP contribution in [0.4, 0.5) is 0 Å². The van der Waals surface area contributed by atoms with Crippen LogP contribution < -0.4 is 5.32 Å². The quantitative estimate of drug-likeness (QED) is 0.817. The molecular weight excluding hydrogens is 214 g/mol. The van der Waals surface area contributed by atoms with E-state index in [2.05, 4.69) is 5.32 Å². The van der Waals surface area contributed by atoms with Gasteiger partial charge in [0.05, 0.1) is 0 Å². The molecule has 0 unspecified atom stereocenters. The van der Waals surface area contributed by atoms with Gasteiger partial charge in [-0.3, -0.25) is 10.1 Å². The predicted octanol–water partition coefficient (Wildman–Crippen LogP) is 2.30. The van der Waals surface area contributed by atoms with Gasteiger partial charge in [-0.15, -0.1) is 0 Å². The van der Waals surface area contributed by atoms with Gasteiger partial charge in [0.15, 0.2) is 0 Å². The molecule has 1 aliphatic carbocycles. The van der Waals surface area contributed by atoms with Crippen molar-refractivity contribution in [2.24, 2.45) is 0 Å². The minimum atomic E-state index is -0.725. The Hall–Kier alpha value is -1.61. The van der Waals surface area contributed by atoms with Crippen LogP contribution in [0.1, 0.15) is 24.8 Å². The summed E-state index contributed by atoms with van der Waals surface area (Å²) >= 11 is 0. The number of rotatable bonds is 5. The molecule has 1 aromatic rings. The summed E-state index contributed by atoms with van der Waals surface area (Å²) in [7, 11) is 0. The molecule has 1 fully saturated rings. The summed E-state index contributed by atoms with van der Waals surface area (Å²) in [6, 6.07) is 9.98. The highest BCUT2D eigenvalue weighted by Crippen LogP contribution is 2.31. The number of hydrogen-bond acceptors (Lipinski definition) is 2. The molecule has 0 aromatic heterocycles. The van der Waals surface area contributed by atoms with Crippen molar-refractivity contribution in [1.29, 1.82) is 0 Å². The van der Waals surface area contributed by atoms with Crippen molar-refractivity contribution in [2.75, 3.05) is 6.54 Å². The molecular formula is C14H17NO2. The van der Waals surface area contributed by atoms with Crippen LogP contribution in [0.3, 0.4) is 0 Å². The molecule has 17 heavy (non-hydrogen) atoms. The lowest BCUT2D eigenvalue weighted by atomic mass is 9.77. The fourth-order valence-corrected chi connectivity index (χ4v) is 2.01. The fraction of sp³-hybridized carbons (Fsp3) is 0.357. The Bertz CT molecular complexity index is 407. The van der Waals surface area contributed by atoms with Crippen molar-refractivity contribution in [2.45, 2.75) is 24.8 Å². The summed E-state index contributed by atoms with van der Waals surface area (Å²) in [5, 5.41) is 12.2. The predicted molar refractivity (Wildman–Crippen MR) is 67.7 cm³/mol. The highest BCUT2D eigenvalue weighted by atomic mass is 16.4. The Morgan fingerprint density at radius 3 is 2.59 bits per heavy atom. The summed E-state index contributed by atoms with van der Waals surface area (Å²) in [5.41, 5.74) is 0.466. The SMILES string of the molecule is O=C(O)C1(NC/C=C/c2ccccc2)CCC1. The monoisotopic (exact) mass is 231 g/mol. The van der Waals surface area contributed by atoms with Crippen LogP contribution in [-0.4, -0.2) is 23.2 Å². The Morgan fingerprint density at radius 1 is 1.35 bits per heavy atom. The van der Waals surface area contributed by atoms with Gasteiger partial charge in [-0.1, -0.05) is 42.5 Å². The fourth-order valence-electron chi connectivity index (χ4n) is 2.01. The Kier molecular flexibility index (Phi) is 3.59. The Labute approximate surface area is 101 Å². The largest absolute Gasteiger partial charge is 0.480 e. The third-order valence-electron chi connectivity index (χ3n) is 3.28. The zero-order valence-corrected chi connectivity index (χ0v) is 9.73. The normalized spacial score (nSPS) is 17.9. The summed E-state index contributed by atoms with van der Waals surface area (Å²) in [6.07, 6.45) is 6.45. The van der Waals surface area contributed by atoms with E-state index >= 15 is 0 Å². The van der Waals surface area contributed by atoms with Crippen LogP contribution in [-0.2, 0) is 4.79 Å². The van der Waals surface area contributed by atoms with Crippen LogP contribution in [0.2, 0.25) is 0 Å². The van der Waals surface area contributed by atoms with Gasteiger partial charge < -0.3 is 5.11 Å². The molecule has 2 N–H and O–H groups in total. The van der Waals surface area contributed by atoms with Gasteiger partial charge in [0.1, 0.15) is 5.54 Å². The lowest BCUT2D eigenvalue weighted by molar-refractivity contribution is -0.148. The van der Waals surface area contributed by atoms with Crippen LogP contribution in [0, 0.1) is 0 Å². The minimum Gasteiger partial charge on any atom is -0.480 e. The van der Waals surface area contributed by atoms with Gasteiger partial charge in [-0.25, -0.2) is 0 Å². The van der Waals surface area contributed by atoms with E-state index in [1.165, 1.54) is 0 Å². The average molecular weight is 231 g/mol. The molecule has 1 aliphatic rings. The van der Waals surface area contributed by atoms with Gasteiger partial charge in [0.25, 0.3) is 0 Å². The Balaban J connectivity index is 1.83. The number of benzene rings is 1. The van der Waals surface area contributed by atoms with Gasteiger partial charge >= 0.3 is 5.97 Å². The topological polar surface area (TPSA) is 49.3 Å². The molecule has 2 rings (SSSR count). The molecule has 0 saturated heterocycles. The lowest BCUT2D eigenvalue weighted by Gasteiger charge is -2.38. The molecule has 1 aromatic carbocycles. The molecule has 1 saturated carbocycles. The first kappa shape index (κ1) is 11.9. The molecule has 0 spiro atoms. The van der Waals surface area contributed by atoms with Crippen molar-refractivity contribution < 1.29 is 9.90 Å². The van der Waals surface area contributed by atoms with E-state index in [0.717, 1.165) is 24.8 Å². The molecule has 0 bridgehead atoms. The van der Waals surface area contributed by atoms with E-state index < -0.39 is 11.5 Å². The van der Waals surface area contributed by atoms with E-state index in [4.69, 9.17) is 5.11 Å². The molecule has 3 nitrogen and oxygen atoms in total. The highest BCUT2D eigenvalue weighted by molar-refractivity contribution is 5.80. The first-order valence-corrected chi connectivity index (χ1v) is 5.93. The van der Waals surface area contributed by atoms with Gasteiger partial charge in [-0.2, -0.15) is 0 Å². The first-order valence-electron chi connectivity index (χ1n) is 5.93. The maximum absolute atomic E-state index is 11.1. The second kappa shape index (κ2) is 5.15. The summed E-state index contributed by atoms with van der Waals surface area (Å²) in [4.78, 5) is 11.1. The summed E-state index contributed by atoms with van der Waals surface area (Å²) in [5.74, 6) is -0.725. The average Bonchev–Trinajstić information content (AvgIpc) is 2.27. The van der Waals surface area contributed by atoms with Gasteiger partial charge in [0.2, 0.25) is 0 Å². The minimum absolute atomic E-state index is 0.598. The first-order chi connectivity index (χ1) is 8.23. The number of carboxylic acids is 1. The molecule has 0 heterocycles. The van der Waals surface area contributed by atoms with Gasteiger partial charge in [-0.05, 0) is 24.8 Å². The van der Waals surface area contributed by atoms with Crippen molar-refractivity contribution in [3.63, 3.8) is 0 Å². The van der Waals surface area contributed by atoms with Crippen LogP contribution in [0.15, 0.2) is 36.4 Å². The maximum Gasteiger partial charge on any atom is 0.323 e. The molecule has 90 valence electrons. The number of hydrogen-bond donors (Lipinski definition) is 2. The van der Waals surface area contributed by atoms with Crippen molar-refractivity contribution in [3.8, 4) is 0 Å². The smallest absolute Gasteiger partial charge is 0.323 e. The third kappa shape index (κ3) is 2.74. The second-order valence-electron chi connectivity index (χ2n) is 4.43. The number of nitrogens with one attached hydrogen (secondary N) is 1. The van der Waals surface area contributed by atoms with Crippen LogP contribution >= 0.6 is 0 Å². The number of carbonyl (C=O) groups is 1. The van der Waals surface area contributed by atoms with Crippen molar-refractivity contribution in [3.05, 3.63) is 42.0 Å². The Morgan fingerprint density at radius 2 is 2.06 bits per heavy atom. The molecule has 0 radical (unpaired) electrons. The standard InChI is InChI=1S/C14H17NO2/c16-13(17)14(9-5-10-14)15-11-4-8-12-6-2-1-3-7-12/h1-4,6-8,15H,5,9-11H2,(H,16,17)/b8-4+. The van der Waals surface area contributed by atoms with E-state index in [0.29, 0.717) is 6.54 Å². The zero-order chi connectivity index (χ0) is 12.1. The molecule has 0 amide bonds. The number of carboxylic acid groups (broad SMARTS) is 1. The highest BCUT2D eigenvalue weighted by Gasteiger charge is 2.43. The summed E-state index contributed by atoms with van der Waals surface area (Å²) < 4.78 is 0. The second-order valence-corrected chi connectivity index (χ2v) is 4.43. The van der Waals surface area contributed by atoms with Crippen LogP contribution in [0.5, 0.6) is 0 Å². The summed E-state index contributed by atoms with van der Waals surface area (Å²) in [6.45, 7) is 0.598. The van der Waals surface area contributed by atoms with E-state index in [-0.39, 0.29) is 0 Å². The van der Waals surface area contributed by atoms with E-state index in [1.807, 2.05) is 42.5 Å². The van der Waals surface area contributed by atoms with Crippen molar-refractivity contribution in [1.82, 2.24) is 5.32 Å². The molecule has 3 heteroatoms. The van der Waals surface area contributed by atoms with E-state index in [1.54, 1.807) is 0 Å². The number of aliphatic carboxylic acids is 1. The lowest BCUT2D eigenvalue weighted by Crippen LogP contribution is -2.57. The van der Waals surface area contributed by atoms with Gasteiger partial charge in [0, 0.05) is 6.54 Å². The molecule has 0 aliphatic heterocycles.